The molecule has 0 spiro atoms. The lowest BCUT2D eigenvalue weighted by molar-refractivity contribution is -0.208. The first-order valence-electron chi connectivity index (χ1n) is 8.43. The zero-order valence-corrected chi connectivity index (χ0v) is 14.8. The van der Waals surface area contributed by atoms with Crippen LogP contribution in [-0.4, -0.2) is 56.8 Å². The van der Waals surface area contributed by atoms with Gasteiger partial charge in [0.1, 0.15) is 0 Å². The molecule has 1 heterocycles. The first kappa shape index (κ1) is 21.8. The maximum atomic E-state index is 5.87. The van der Waals surface area contributed by atoms with Crippen molar-refractivity contribution in [2.75, 3.05) is 32.8 Å². The van der Waals surface area contributed by atoms with Crippen LogP contribution >= 0.6 is 0 Å². The molecule has 6 heteroatoms. The van der Waals surface area contributed by atoms with E-state index in [9.17, 15) is 0 Å². The molecule has 0 aromatic carbocycles. The molecule has 1 atom stereocenters. The quantitative estimate of drug-likeness (QED) is 0.616. The lowest BCUT2D eigenvalue weighted by Gasteiger charge is -2.43. The minimum Gasteiger partial charge on any atom is -0.376 e. The molecule has 0 radical (unpaired) electrons. The van der Waals surface area contributed by atoms with Crippen LogP contribution in [0.1, 0.15) is 47.0 Å². The number of hydrogen-bond acceptors (Lipinski definition) is 6. The van der Waals surface area contributed by atoms with Crippen LogP contribution in [0, 0.1) is 0 Å². The molecular formula is C16H37N3O3. The number of hydrogen-bond donors (Lipinski definition) is 3. The predicted molar refractivity (Wildman–Crippen MR) is 90.8 cm³/mol. The molecule has 1 unspecified atom stereocenters. The summed E-state index contributed by atoms with van der Waals surface area (Å²) < 4.78 is 16.8. The zero-order chi connectivity index (χ0) is 17.0. The summed E-state index contributed by atoms with van der Waals surface area (Å²) >= 11 is 0. The average Bonchev–Trinajstić information content (AvgIpc) is 2.41. The molecular weight excluding hydrogens is 282 g/mol. The van der Waals surface area contributed by atoms with Crippen molar-refractivity contribution in [1.82, 2.24) is 0 Å². The van der Waals surface area contributed by atoms with Crippen molar-refractivity contribution in [2.45, 2.75) is 70.9 Å². The largest absolute Gasteiger partial charge is 0.376 e. The van der Waals surface area contributed by atoms with Gasteiger partial charge in [0.15, 0.2) is 0 Å². The van der Waals surface area contributed by atoms with E-state index < -0.39 is 0 Å². The van der Waals surface area contributed by atoms with Crippen molar-refractivity contribution in [3.8, 4) is 0 Å². The van der Waals surface area contributed by atoms with E-state index in [1.165, 1.54) is 0 Å². The van der Waals surface area contributed by atoms with Crippen LogP contribution in [0.2, 0.25) is 0 Å². The van der Waals surface area contributed by atoms with Gasteiger partial charge in [0.05, 0.1) is 37.1 Å². The molecule has 6 nitrogen and oxygen atoms in total. The van der Waals surface area contributed by atoms with Crippen molar-refractivity contribution in [2.24, 2.45) is 17.2 Å². The highest BCUT2D eigenvalue weighted by Crippen LogP contribution is 2.31. The lowest BCUT2D eigenvalue weighted by atomic mass is 9.86. The molecule has 1 fully saturated rings. The second-order valence-corrected chi connectivity index (χ2v) is 6.16. The highest BCUT2D eigenvalue weighted by molar-refractivity contribution is 4.92. The summed E-state index contributed by atoms with van der Waals surface area (Å²) in [5, 5.41) is 0. The van der Waals surface area contributed by atoms with Crippen LogP contribution < -0.4 is 17.2 Å². The summed E-state index contributed by atoms with van der Waals surface area (Å²) in [6.07, 6.45) is 3.17. The molecule has 134 valence electrons. The molecule has 1 aliphatic rings. The van der Waals surface area contributed by atoms with Gasteiger partial charge in [0.25, 0.3) is 0 Å². The van der Waals surface area contributed by atoms with Crippen LogP contribution in [-0.2, 0) is 14.2 Å². The maximum absolute atomic E-state index is 5.87. The Kier molecular flexibility index (Phi) is 12.1. The average molecular weight is 319 g/mol. The fraction of sp³-hybridized carbons (Fsp3) is 1.00. The van der Waals surface area contributed by atoms with E-state index in [1.807, 2.05) is 27.7 Å². The van der Waals surface area contributed by atoms with Gasteiger partial charge in [0.2, 0.25) is 0 Å². The molecule has 0 aliphatic carbocycles. The standard InChI is InChI=1S/C10H23N3O2.C6H14O/c11-4-1-9-10(2-5-12,3-6-13)15-8-7-14-9;1-5(2)7-6(3)4/h9H,1-8,11-13H2;5-6H,1-4H3. The Morgan fingerprint density at radius 2 is 1.50 bits per heavy atom. The first-order chi connectivity index (χ1) is 10.4. The van der Waals surface area contributed by atoms with E-state index in [2.05, 4.69) is 0 Å². The summed E-state index contributed by atoms with van der Waals surface area (Å²) in [4.78, 5) is 0. The highest BCUT2D eigenvalue weighted by Gasteiger charge is 2.41. The van der Waals surface area contributed by atoms with Crippen LogP contribution in [0.25, 0.3) is 0 Å². The fourth-order valence-corrected chi connectivity index (χ4v) is 2.80. The normalized spacial score (nSPS) is 20.9. The lowest BCUT2D eigenvalue weighted by Crippen LogP contribution is -2.53. The fourth-order valence-electron chi connectivity index (χ4n) is 2.80. The summed E-state index contributed by atoms with van der Waals surface area (Å²) in [5.41, 5.74) is 16.5. The number of nitrogens with two attached hydrogens (primary N) is 3. The molecule has 0 amide bonds. The van der Waals surface area contributed by atoms with E-state index in [0.717, 1.165) is 19.3 Å². The molecule has 1 saturated heterocycles. The van der Waals surface area contributed by atoms with Gasteiger partial charge in [-0.25, -0.2) is 0 Å². The maximum Gasteiger partial charge on any atom is 0.0968 e. The smallest absolute Gasteiger partial charge is 0.0968 e. The Balaban J connectivity index is 0.000000534. The third-order valence-electron chi connectivity index (χ3n) is 3.49. The first-order valence-corrected chi connectivity index (χ1v) is 8.43. The van der Waals surface area contributed by atoms with Crippen molar-refractivity contribution >= 4 is 0 Å². The van der Waals surface area contributed by atoms with Gasteiger partial charge < -0.3 is 31.4 Å². The van der Waals surface area contributed by atoms with Gasteiger partial charge in [-0.3, -0.25) is 0 Å². The Hall–Kier alpha value is -0.240. The van der Waals surface area contributed by atoms with Crippen LogP contribution in [0.3, 0.4) is 0 Å². The van der Waals surface area contributed by atoms with Gasteiger partial charge in [-0.15, -0.1) is 0 Å². The molecule has 0 bridgehead atoms. The summed E-state index contributed by atoms with van der Waals surface area (Å²) in [5.74, 6) is 0. The molecule has 1 rings (SSSR count). The molecule has 0 aromatic rings. The van der Waals surface area contributed by atoms with Crippen LogP contribution in [0.15, 0.2) is 0 Å². The van der Waals surface area contributed by atoms with Gasteiger partial charge >= 0.3 is 0 Å². The molecule has 22 heavy (non-hydrogen) atoms. The topological polar surface area (TPSA) is 106 Å². The second-order valence-electron chi connectivity index (χ2n) is 6.16. The van der Waals surface area contributed by atoms with E-state index >= 15 is 0 Å². The third kappa shape index (κ3) is 8.41. The summed E-state index contributed by atoms with van der Waals surface area (Å²) in [6, 6.07) is 0. The minimum atomic E-state index is -0.304. The van der Waals surface area contributed by atoms with Gasteiger partial charge in [-0.05, 0) is 66.6 Å². The number of rotatable bonds is 8. The van der Waals surface area contributed by atoms with Crippen LogP contribution in [0.5, 0.6) is 0 Å². The minimum absolute atomic E-state index is 0.0448. The molecule has 1 aliphatic heterocycles. The third-order valence-corrected chi connectivity index (χ3v) is 3.49. The Morgan fingerprint density at radius 3 is 1.86 bits per heavy atom. The van der Waals surface area contributed by atoms with E-state index in [0.29, 0.717) is 45.1 Å². The molecule has 0 saturated carbocycles. The predicted octanol–water partition coefficient (Wildman–Crippen LogP) is 1.01. The summed E-state index contributed by atoms with van der Waals surface area (Å²) in [6.45, 7) is 11.2. The molecule has 6 N–H and O–H groups in total. The number of ether oxygens (including phenoxy) is 3. The van der Waals surface area contributed by atoms with Gasteiger partial charge in [-0.1, -0.05) is 0 Å². The van der Waals surface area contributed by atoms with Crippen molar-refractivity contribution < 1.29 is 14.2 Å². The van der Waals surface area contributed by atoms with Gasteiger partial charge in [0, 0.05) is 0 Å². The Bertz CT molecular complexity index is 244. The molecule has 0 aromatic heterocycles. The second kappa shape index (κ2) is 12.2. The highest BCUT2D eigenvalue weighted by atomic mass is 16.6. The van der Waals surface area contributed by atoms with E-state index in [1.54, 1.807) is 0 Å². The monoisotopic (exact) mass is 319 g/mol. The Labute approximate surface area is 136 Å². The van der Waals surface area contributed by atoms with E-state index in [-0.39, 0.29) is 11.7 Å². The van der Waals surface area contributed by atoms with Crippen molar-refractivity contribution in [1.29, 1.82) is 0 Å². The SMILES string of the molecule is CC(C)OC(C)C.NCCC1OCCOC1(CCN)CCN. The zero-order valence-electron chi connectivity index (χ0n) is 14.8. The van der Waals surface area contributed by atoms with Crippen LogP contribution in [0.4, 0.5) is 0 Å². The van der Waals surface area contributed by atoms with E-state index in [4.69, 9.17) is 31.4 Å². The summed E-state index contributed by atoms with van der Waals surface area (Å²) in [7, 11) is 0. The van der Waals surface area contributed by atoms with Gasteiger partial charge in [-0.2, -0.15) is 0 Å². The Morgan fingerprint density at radius 1 is 0.955 bits per heavy atom. The van der Waals surface area contributed by atoms with Crippen molar-refractivity contribution in [3.63, 3.8) is 0 Å². The van der Waals surface area contributed by atoms with Crippen molar-refractivity contribution in [3.05, 3.63) is 0 Å².